The molecule has 0 spiro atoms. The zero-order valence-electron chi connectivity index (χ0n) is 24.4. The summed E-state index contributed by atoms with van der Waals surface area (Å²) in [7, 11) is 0. The van der Waals surface area contributed by atoms with Gasteiger partial charge in [0.15, 0.2) is 0 Å². The summed E-state index contributed by atoms with van der Waals surface area (Å²) in [5, 5.41) is 6.03. The first-order valence-electron chi connectivity index (χ1n) is 14.8. The van der Waals surface area contributed by atoms with Crippen molar-refractivity contribution in [2.24, 2.45) is 0 Å². The standard InChI is InChI=1S/C35H36N2O4S2/c1-3-12-30(38)36-26-17-11-18-27(22-26)42-32(24-15-9-6-10-16-24)33(39)37-34-31(35(40)41-4-2)28-20-19-25(21-29(28)43-34)23-13-7-5-8-14-23/h5-11,13-18,22,25,32H,3-4,12,19-21H2,1-2H3,(H,36,38)(H,37,39). The zero-order valence-corrected chi connectivity index (χ0v) is 26.1. The summed E-state index contributed by atoms with van der Waals surface area (Å²) in [5.74, 6) is -0.290. The van der Waals surface area contributed by atoms with Gasteiger partial charge in [-0.05, 0) is 73.4 Å². The Morgan fingerprint density at radius 3 is 2.42 bits per heavy atom. The Morgan fingerprint density at radius 2 is 1.70 bits per heavy atom. The first kappa shape index (κ1) is 30.6. The second-order valence-electron chi connectivity index (χ2n) is 10.5. The van der Waals surface area contributed by atoms with Crippen molar-refractivity contribution in [1.29, 1.82) is 0 Å². The Hall–Kier alpha value is -3.88. The third-order valence-electron chi connectivity index (χ3n) is 7.44. The molecular weight excluding hydrogens is 577 g/mol. The number of ether oxygens (including phenoxy) is 1. The summed E-state index contributed by atoms with van der Waals surface area (Å²) < 4.78 is 5.47. The maximum atomic E-state index is 14.0. The lowest BCUT2D eigenvalue weighted by molar-refractivity contribution is -0.116. The highest BCUT2D eigenvalue weighted by molar-refractivity contribution is 8.00. The average molecular weight is 613 g/mol. The van der Waals surface area contributed by atoms with Crippen LogP contribution in [0.25, 0.3) is 0 Å². The minimum absolute atomic E-state index is 0.0373. The molecule has 2 atom stereocenters. The van der Waals surface area contributed by atoms with Gasteiger partial charge in [0, 0.05) is 21.9 Å². The minimum atomic E-state index is -0.589. The molecule has 2 amide bonds. The number of carbonyl (C=O) groups excluding carboxylic acids is 3. The van der Waals surface area contributed by atoms with Gasteiger partial charge in [-0.2, -0.15) is 0 Å². The van der Waals surface area contributed by atoms with Gasteiger partial charge in [-0.25, -0.2) is 4.79 Å². The molecule has 222 valence electrons. The Morgan fingerprint density at radius 1 is 0.953 bits per heavy atom. The second kappa shape index (κ2) is 14.5. The normalized spacial score (nSPS) is 14.8. The fourth-order valence-corrected chi connectivity index (χ4v) is 7.82. The number of thiophene rings is 1. The minimum Gasteiger partial charge on any atom is -0.462 e. The fraction of sp³-hybridized carbons (Fsp3) is 0.286. The van der Waals surface area contributed by atoms with Crippen LogP contribution in [-0.2, 0) is 27.2 Å². The van der Waals surface area contributed by atoms with Crippen molar-refractivity contribution in [2.75, 3.05) is 17.2 Å². The van der Waals surface area contributed by atoms with Gasteiger partial charge in [-0.3, -0.25) is 9.59 Å². The van der Waals surface area contributed by atoms with Crippen LogP contribution in [0.4, 0.5) is 10.7 Å². The molecule has 3 aromatic carbocycles. The van der Waals surface area contributed by atoms with Crippen LogP contribution in [0.1, 0.15) is 76.2 Å². The van der Waals surface area contributed by atoms with Gasteiger partial charge in [0.25, 0.3) is 0 Å². The molecule has 0 fully saturated rings. The summed E-state index contributed by atoms with van der Waals surface area (Å²) >= 11 is 2.89. The third-order valence-corrected chi connectivity index (χ3v) is 9.86. The molecule has 2 unspecified atom stereocenters. The summed E-state index contributed by atoms with van der Waals surface area (Å²) in [5.41, 5.74) is 4.30. The molecule has 0 saturated heterocycles. The number of amides is 2. The van der Waals surface area contributed by atoms with Crippen molar-refractivity contribution >= 4 is 51.6 Å². The van der Waals surface area contributed by atoms with E-state index in [2.05, 4.69) is 34.9 Å². The lowest BCUT2D eigenvalue weighted by Gasteiger charge is -2.23. The predicted octanol–water partition coefficient (Wildman–Crippen LogP) is 8.41. The number of rotatable bonds is 11. The van der Waals surface area contributed by atoms with Gasteiger partial charge in [-0.1, -0.05) is 73.7 Å². The van der Waals surface area contributed by atoms with Crippen LogP contribution >= 0.6 is 23.1 Å². The molecule has 1 aliphatic rings. The van der Waals surface area contributed by atoms with Crippen molar-refractivity contribution in [3.8, 4) is 0 Å². The lowest BCUT2D eigenvalue weighted by atomic mass is 9.83. The van der Waals surface area contributed by atoms with Gasteiger partial charge in [0.2, 0.25) is 11.8 Å². The largest absolute Gasteiger partial charge is 0.462 e. The summed E-state index contributed by atoms with van der Waals surface area (Å²) in [4.78, 5) is 41.4. The highest BCUT2D eigenvalue weighted by Crippen LogP contribution is 2.44. The molecule has 43 heavy (non-hydrogen) atoms. The highest BCUT2D eigenvalue weighted by atomic mass is 32.2. The van der Waals surface area contributed by atoms with Crippen LogP contribution in [0.5, 0.6) is 0 Å². The van der Waals surface area contributed by atoms with Gasteiger partial charge in [0.05, 0.1) is 12.2 Å². The smallest absolute Gasteiger partial charge is 0.341 e. The summed E-state index contributed by atoms with van der Waals surface area (Å²) in [6.07, 6.45) is 3.72. The average Bonchev–Trinajstić information content (AvgIpc) is 3.38. The number of nitrogens with one attached hydrogen (secondary N) is 2. The van der Waals surface area contributed by atoms with Gasteiger partial charge in [0.1, 0.15) is 10.3 Å². The van der Waals surface area contributed by atoms with Crippen LogP contribution in [-0.4, -0.2) is 24.4 Å². The molecule has 4 aromatic rings. The molecule has 0 saturated carbocycles. The SMILES string of the molecule is CCCC(=O)Nc1cccc(SC(C(=O)Nc2sc3c(c2C(=O)OCC)CCC(c2ccccc2)C3)c2ccccc2)c1. The number of hydrogen-bond donors (Lipinski definition) is 2. The van der Waals surface area contributed by atoms with Crippen LogP contribution in [0.3, 0.4) is 0 Å². The molecule has 0 aliphatic heterocycles. The van der Waals surface area contributed by atoms with E-state index in [4.69, 9.17) is 4.74 Å². The van der Waals surface area contributed by atoms with Crippen LogP contribution in [0.2, 0.25) is 0 Å². The second-order valence-corrected chi connectivity index (χ2v) is 12.8. The Balaban J connectivity index is 1.43. The van der Waals surface area contributed by atoms with E-state index in [9.17, 15) is 14.4 Å². The van der Waals surface area contributed by atoms with E-state index in [1.807, 2.05) is 67.6 Å². The fourth-order valence-electron chi connectivity index (χ4n) is 5.41. The number of benzene rings is 3. The van der Waals surface area contributed by atoms with Crippen LogP contribution in [0.15, 0.2) is 89.8 Å². The van der Waals surface area contributed by atoms with E-state index >= 15 is 0 Å². The number of fused-ring (bicyclic) bond motifs is 1. The molecule has 1 aliphatic carbocycles. The Kier molecular flexibility index (Phi) is 10.3. The van der Waals surface area contributed by atoms with E-state index in [1.165, 1.54) is 28.7 Å². The van der Waals surface area contributed by atoms with Gasteiger partial charge >= 0.3 is 5.97 Å². The number of thioether (sulfide) groups is 1. The molecule has 2 N–H and O–H groups in total. The molecule has 1 aromatic heterocycles. The zero-order chi connectivity index (χ0) is 30.2. The molecule has 0 radical (unpaired) electrons. The molecule has 6 nitrogen and oxygen atoms in total. The number of anilines is 2. The summed E-state index contributed by atoms with van der Waals surface area (Å²) in [6.45, 7) is 4.02. The number of esters is 1. The topological polar surface area (TPSA) is 84.5 Å². The lowest BCUT2D eigenvalue weighted by Crippen LogP contribution is -2.20. The third kappa shape index (κ3) is 7.56. The molecule has 5 rings (SSSR count). The van der Waals surface area contributed by atoms with E-state index in [0.717, 1.165) is 46.6 Å². The van der Waals surface area contributed by atoms with Gasteiger partial charge in [-0.15, -0.1) is 23.1 Å². The predicted molar refractivity (Wildman–Crippen MR) is 175 cm³/mol. The Bertz CT molecular complexity index is 1570. The van der Waals surface area contributed by atoms with E-state index < -0.39 is 11.2 Å². The highest BCUT2D eigenvalue weighted by Gasteiger charge is 2.32. The maximum absolute atomic E-state index is 14.0. The molecule has 8 heteroatoms. The van der Waals surface area contributed by atoms with Crippen molar-refractivity contribution in [2.45, 2.75) is 62.0 Å². The van der Waals surface area contributed by atoms with E-state index in [1.54, 1.807) is 6.92 Å². The summed E-state index contributed by atoms with van der Waals surface area (Å²) in [6, 6.07) is 27.6. The molecule has 1 heterocycles. The number of hydrogen-bond acceptors (Lipinski definition) is 6. The number of carbonyl (C=O) groups is 3. The van der Waals surface area contributed by atoms with Crippen molar-refractivity contribution in [3.05, 3.63) is 112 Å². The molecule has 0 bridgehead atoms. The molecular formula is C35H36N2O4S2. The first-order chi connectivity index (χ1) is 21.0. The maximum Gasteiger partial charge on any atom is 0.341 e. The van der Waals surface area contributed by atoms with Crippen molar-refractivity contribution < 1.29 is 19.1 Å². The van der Waals surface area contributed by atoms with E-state index in [0.29, 0.717) is 28.6 Å². The van der Waals surface area contributed by atoms with Gasteiger partial charge < -0.3 is 15.4 Å². The quantitative estimate of drug-likeness (QED) is 0.131. The van der Waals surface area contributed by atoms with Crippen LogP contribution < -0.4 is 10.6 Å². The monoisotopic (exact) mass is 612 g/mol. The van der Waals surface area contributed by atoms with E-state index in [-0.39, 0.29) is 18.4 Å². The first-order valence-corrected chi connectivity index (χ1v) is 16.4. The van der Waals surface area contributed by atoms with Crippen LogP contribution in [0, 0.1) is 0 Å². The van der Waals surface area contributed by atoms with Crippen molar-refractivity contribution in [1.82, 2.24) is 0 Å². The Labute approximate surface area is 261 Å². The van der Waals surface area contributed by atoms with Crippen molar-refractivity contribution in [3.63, 3.8) is 0 Å².